The normalized spacial score (nSPS) is 15.5. The molecule has 0 radical (unpaired) electrons. The first-order valence-electron chi connectivity index (χ1n) is 10.5. The molecule has 0 aromatic heterocycles. The highest BCUT2D eigenvalue weighted by molar-refractivity contribution is 7.80. The van der Waals surface area contributed by atoms with Crippen molar-refractivity contribution < 1.29 is 23.5 Å². The first-order chi connectivity index (χ1) is 15.8. The summed E-state index contributed by atoms with van der Waals surface area (Å²) < 4.78 is 18.6. The third kappa shape index (κ3) is 6.04. The monoisotopic (exact) mass is 472 g/mol. The van der Waals surface area contributed by atoms with E-state index < -0.39 is 17.8 Å². The SMILES string of the molecule is CCOc1ccc(N2C(=O)C(CC(=O)Nc3ccc(F)cc3)N(CCNC(C)=O)C2=S)cc1. The molecule has 0 aliphatic carbocycles. The van der Waals surface area contributed by atoms with Crippen LogP contribution in [0.2, 0.25) is 0 Å². The Labute approximate surface area is 196 Å². The van der Waals surface area contributed by atoms with Crippen molar-refractivity contribution in [2.45, 2.75) is 26.3 Å². The standard InChI is InChI=1S/C23H25FN4O4S/c1-3-32-19-10-8-18(9-11-19)28-22(31)20(27(23(28)33)13-12-25-15(2)29)14-21(30)26-17-6-4-16(24)5-7-17/h4-11,20H,3,12-14H2,1-2H3,(H,25,29)(H,26,30). The first kappa shape index (κ1) is 24.1. The third-order valence-electron chi connectivity index (χ3n) is 4.96. The van der Waals surface area contributed by atoms with Crippen LogP contribution >= 0.6 is 12.2 Å². The molecule has 10 heteroatoms. The highest BCUT2D eigenvalue weighted by Gasteiger charge is 2.43. The van der Waals surface area contributed by atoms with E-state index in [4.69, 9.17) is 17.0 Å². The van der Waals surface area contributed by atoms with Gasteiger partial charge in [-0.05, 0) is 67.7 Å². The number of benzene rings is 2. The van der Waals surface area contributed by atoms with Crippen molar-refractivity contribution in [1.82, 2.24) is 10.2 Å². The molecule has 1 heterocycles. The number of nitrogens with one attached hydrogen (secondary N) is 2. The van der Waals surface area contributed by atoms with Gasteiger partial charge in [0.1, 0.15) is 17.6 Å². The second-order valence-corrected chi connectivity index (χ2v) is 7.70. The van der Waals surface area contributed by atoms with Crippen LogP contribution in [0.3, 0.4) is 0 Å². The molecule has 0 spiro atoms. The van der Waals surface area contributed by atoms with E-state index in [-0.39, 0.29) is 36.4 Å². The largest absolute Gasteiger partial charge is 0.494 e. The Kier molecular flexibility index (Phi) is 7.94. The lowest BCUT2D eigenvalue weighted by Gasteiger charge is -2.24. The minimum atomic E-state index is -0.849. The Balaban J connectivity index is 1.79. The zero-order chi connectivity index (χ0) is 24.0. The maximum absolute atomic E-state index is 13.3. The van der Waals surface area contributed by atoms with Gasteiger partial charge in [0.05, 0.1) is 18.7 Å². The number of hydrogen-bond donors (Lipinski definition) is 2. The van der Waals surface area contributed by atoms with Crippen LogP contribution in [0.1, 0.15) is 20.3 Å². The number of carbonyl (C=O) groups is 3. The molecule has 33 heavy (non-hydrogen) atoms. The van der Waals surface area contributed by atoms with Gasteiger partial charge in [0.15, 0.2) is 5.11 Å². The van der Waals surface area contributed by atoms with Crippen molar-refractivity contribution in [1.29, 1.82) is 0 Å². The number of amides is 3. The van der Waals surface area contributed by atoms with Crippen LogP contribution in [-0.2, 0) is 14.4 Å². The molecule has 1 unspecified atom stereocenters. The van der Waals surface area contributed by atoms with E-state index in [2.05, 4.69) is 10.6 Å². The molecule has 3 rings (SSSR count). The van der Waals surface area contributed by atoms with Crippen LogP contribution in [0.4, 0.5) is 15.8 Å². The Hall–Kier alpha value is -3.53. The van der Waals surface area contributed by atoms with Crippen LogP contribution in [0.5, 0.6) is 5.75 Å². The maximum Gasteiger partial charge on any atom is 0.256 e. The van der Waals surface area contributed by atoms with E-state index in [1.165, 1.54) is 36.1 Å². The smallest absolute Gasteiger partial charge is 0.256 e. The van der Waals surface area contributed by atoms with Crippen molar-refractivity contribution >= 4 is 46.4 Å². The molecule has 0 bridgehead atoms. The molecule has 3 amide bonds. The summed E-state index contributed by atoms with van der Waals surface area (Å²) in [5.41, 5.74) is 0.974. The molecule has 2 aromatic rings. The molecule has 2 N–H and O–H groups in total. The fourth-order valence-corrected chi connectivity index (χ4v) is 3.87. The molecular weight excluding hydrogens is 447 g/mol. The lowest BCUT2D eigenvalue weighted by atomic mass is 10.1. The van der Waals surface area contributed by atoms with Gasteiger partial charge in [-0.25, -0.2) is 4.39 Å². The fourth-order valence-electron chi connectivity index (χ4n) is 3.46. The van der Waals surface area contributed by atoms with Gasteiger partial charge in [0.25, 0.3) is 5.91 Å². The predicted octanol–water partition coefficient (Wildman–Crippen LogP) is 2.69. The zero-order valence-electron chi connectivity index (χ0n) is 18.3. The highest BCUT2D eigenvalue weighted by atomic mass is 32.1. The van der Waals surface area contributed by atoms with Crippen LogP contribution in [0.25, 0.3) is 0 Å². The quantitative estimate of drug-likeness (QED) is 0.546. The number of ether oxygens (including phenoxy) is 1. The molecule has 1 fully saturated rings. The van der Waals surface area contributed by atoms with E-state index >= 15 is 0 Å². The van der Waals surface area contributed by atoms with Gasteiger partial charge in [0, 0.05) is 25.7 Å². The van der Waals surface area contributed by atoms with Gasteiger partial charge in [-0.2, -0.15) is 0 Å². The van der Waals surface area contributed by atoms with Crippen LogP contribution < -0.4 is 20.3 Å². The van der Waals surface area contributed by atoms with E-state index in [9.17, 15) is 18.8 Å². The fraction of sp³-hybridized carbons (Fsp3) is 0.304. The Morgan fingerprint density at radius 2 is 1.79 bits per heavy atom. The second-order valence-electron chi connectivity index (χ2n) is 7.33. The zero-order valence-corrected chi connectivity index (χ0v) is 19.2. The van der Waals surface area contributed by atoms with Gasteiger partial charge in [-0.1, -0.05) is 0 Å². The molecule has 174 valence electrons. The first-order valence-corrected chi connectivity index (χ1v) is 10.9. The number of carbonyl (C=O) groups excluding carboxylic acids is 3. The van der Waals surface area contributed by atoms with Crippen molar-refractivity contribution in [2.24, 2.45) is 0 Å². The number of thiocarbonyl (C=S) groups is 1. The number of anilines is 2. The average molecular weight is 473 g/mol. The minimum absolute atomic E-state index is 0.163. The van der Waals surface area contributed by atoms with Crippen LogP contribution in [0.15, 0.2) is 48.5 Å². The van der Waals surface area contributed by atoms with Crippen molar-refractivity contribution in [2.75, 3.05) is 29.9 Å². The summed E-state index contributed by atoms with van der Waals surface area (Å²) in [5, 5.41) is 5.59. The summed E-state index contributed by atoms with van der Waals surface area (Å²) in [6.07, 6.45) is -0.163. The summed E-state index contributed by atoms with van der Waals surface area (Å²) in [6.45, 7) is 4.31. The van der Waals surface area contributed by atoms with E-state index in [0.29, 0.717) is 23.7 Å². The Morgan fingerprint density at radius 1 is 1.12 bits per heavy atom. The van der Waals surface area contributed by atoms with Gasteiger partial charge >= 0.3 is 0 Å². The lowest BCUT2D eigenvalue weighted by molar-refractivity contribution is -0.124. The molecule has 0 saturated carbocycles. The summed E-state index contributed by atoms with van der Waals surface area (Å²) >= 11 is 5.57. The van der Waals surface area contributed by atoms with Gasteiger partial charge in [-0.3, -0.25) is 19.3 Å². The molecule has 1 aliphatic rings. The molecule has 1 saturated heterocycles. The summed E-state index contributed by atoms with van der Waals surface area (Å²) in [7, 11) is 0. The van der Waals surface area contributed by atoms with Gasteiger partial charge in [0.2, 0.25) is 11.8 Å². The van der Waals surface area contributed by atoms with Crippen LogP contribution in [-0.4, -0.2) is 53.5 Å². The van der Waals surface area contributed by atoms with Crippen molar-refractivity contribution in [3.63, 3.8) is 0 Å². The summed E-state index contributed by atoms with van der Waals surface area (Å²) in [4.78, 5) is 40.3. The second kappa shape index (κ2) is 10.9. The number of halogens is 1. The molecule has 2 aromatic carbocycles. The Bertz CT molecular complexity index is 1030. The molecule has 1 aliphatic heterocycles. The number of nitrogens with zero attached hydrogens (tertiary/aromatic N) is 2. The highest BCUT2D eigenvalue weighted by Crippen LogP contribution is 2.28. The summed E-state index contributed by atoms with van der Waals surface area (Å²) in [5.74, 6) is -0.724. The van der Waals surface area contributed by atoms with Crippen molar-refractivity contribution in [3.05, 3.63) is 54.3 Å². The average Bonchev–Trinajstić information content (AvgIpc) is 3.00. The van der Waals surface area contributed by atoms with Crippen LogP contribution in [0, 0.1) is 5.82 Å². The molecule has 1 atom stereocenters. The van der Waals surface area contributed by atoms with Crippen molar-refractivity contribution in [3.8, 4) is 5.75 Å². The van der Waals surface area contributed by atoms with E-state index in [1.54, 1.807) is 29.2 Å². The number of hydrogen-bond acceptors (Lipinski definition) is 5. The molecule has 8 nitrogen and oxygen atoms in total. The predicted molar refractivity (Wildman–Crippen MR) is 127 cm³/mol. The minimum Gasteiger partial charge on any atom is -0.494 e. The molecular formula is C23H25FN4O4S. The summed E-state index contributed by atoms with van der Waals surface area (Å²) in [6, 6.07) is 11.4. The lowest BCUT2D eigenvalue weighted by Crippen LogP contribution is -2.42. The number of rotatable bonds is 9. The van der Waals surface area contributed by atoms with E-state index in [0.717, 1.165) is 0 Å². The maximum atomic E-state index is 13.3. The van der Waals surface area contributed by atoms with Gasteiger partial charge in [-0.15, -0.1) is 0 Å². The van der Waals surface area contributed by atoms with E-state index in [1.807, 2.05) is 6.92 Å². The third-order valence-corrected chi connectivity index (χ3v) is 5.38. The van der Waals surface area contributed by atoms with Gasteiger partial charge < -0.3 is 20.3 Å². The Morgan fingerprint density at radius 3 is 2.39 bits per heavy atom. The topological polar surface area (TPSA) is 91.0 Å².